The predicted octanol–water partition coefficient (Wildman–Crippen LogP) is 8.94. The zero-order valence-electron chi connectivity index (χ0n) is 22.7. The molecule has 0 saturated heterocycles. The van der Waals surface area contributed by atoms with Crippen LogP contribution in [0.3, 0.4) is 0 Å². The molecular weight excluding hydrogens is 689 g/mol. The number of pyridine rings is 1. The van der Waals surface area contributed by atoms with Crippen LogP contribution < -0.4 is 0 Å². The molecule has 0 fully saturated rings. The number of aliphatic hydroxyl groups excluding tert-OH is 1. The van der Waals surface area contributed by atoms with Gasteiger partial charge >= 0.3 is 0 Å². The third-order valence-electron chi connectivity index (χ3n) is 7.35. The minimum Gasteiger partial charge on any atom is -0.512 e. The van der Waals surface area contributed by atoms with Gasteiger partial charge in [0.05, 0.1) is 11.3 Å². The number of ketones is 1. The molecule has 0 aliphatic rings. The van der Waals surface area contributed by atoms with Gasteiger partial charge in [-0.15, -0.1) is 23.8 Å². The van der Waals surface area contributed by atoms with Gasteiger partial charge in [-0.25, -0.2) is 0 Å². The van der Waals surface area contributed by atoms with Crippen LogP contribution >= 0.6 is 0 Å². The van der Waals surface area contributed by atoms with E-state index in [1.807, 2.05) is 24.4 Å². The second-order valence-corrected chi connectivity index (χ2v) is 10.2. The van der Waals surface area contributed by atoms with E-state index in [2.05, 4.69) is 83.0 Å². The van der Waals surface area contributed by atoms with E-state index in [4.69, 9.17) is 9.52 Å². The van der Waals surface area contributed by atoms with Crippen molar-refractivity contribution in [1.29, 1.82) is 0 Å². The van der Waals surface area contributed by atoms with Gasteiger partial charge in [0.1, 0.15) is 11.2 Å². The molecule has 0 unspecified atom stereocenters. The van der Waals surface area contributed by atoms with Crippen LogP contribution in [0.5, 0.6) is 0 Å². The van der Waals surface area contributed by atoms with Crippen molar-refractivity contribution in [2.24, 2.45) is 0 Å². The molecule has 0 saturated carbocycles. The van der Waals surface area contributed by atoms with E-state index in [-0.39, 0.29) is 31.6 Å². The molecule has 5 nitrogen and oxygen atoms in total. The maximum atomic E-state index is 10.0. The Kier molecular flexibility index (Phi) is 6.61. The van der Waals surface area contributed by atoms with Crippen molar-refractivity contribution >= 4 is 65.8 Å². The summed E-state index contributed by atoms with van der Waals surface area (Å²) in [6.07, 6.45) is 3.03. The summed E-state index contributed by atoms with van der Waals surface area (Å²) in [7, 11) is 0. The number of para-hydroxylation sites is 2. The molecule has 0 spiro atoms. The number of allylic oxidation sites excluding steroid dienone is 2. The van der Waals surface area contributed by atoms with Gasteiger partial charge in [0.25, 0.3) is 0 Å². The summed E-state index contributed by atoms with van der Waals surface area (Å²) in [6.45, 7) is 4.94. The Labute approximate surface area is 249 Å². The first-order valence-electron chi connectivity index (χ1n) is 13.2. The van der Waals surface area contributed by atoms with Crippen molar-refractivity contribution in [3.8, 4) is 11.3 Å². The molecule has 8 aromatic rings. The fourth-order valence-corrected chi connectivity index (χ4v) is 5.85. The number of aromatic nitrogens is 2. The van der Waals surface area contributed by atoms with Crippen molar-refractivity contribution < 1.29 is 34.4 Å². The van der Waals surface area contributed by atoms with Gasteiger partial charge in [-0.2, -0.15) is 0 Å². The molecule has 0 amide bonds. The van der Waals surface area contributed by atoms with Crippen LogP contribution in [0.15, 0.2) is 101 Å². The number of rotatable bonds is 2. The number of aryl methyl sites for hydroxylation is 1. The first kappa shape index (κ1) is 26.7. The monoisotopic (exact) mass is 714 g/mol. The molecule has 41 heavy (non-hydrogen) atoms. The third kappa shape index (κ3) is 4.28. The Morgan fingerprint density at radius 2 is 1.66 bits per heavy atom. The van der Waals surface area contributed by atoms with Crippen LogP contribution in [-0.2, 0) is 24.9 Å². The number of aliphatic hydroxyl groups is 1. The Balaban J connectivity index is 0.000000340. The summed E-state index contributed by atoms with van der Waals surface area (Å²) in [4.78, 5) is 14.6. The molecular formula is C35H25IrN2O3-. The van der Waals surface area contributed by atoms with Gasteiger partial charge in [0, 0.05) is 59.4 Å². The molecule has 0 bridgehead atoms. The van der Waals surface area contributed by atoms with E-state index in [0.717, 1.165) is 27.8 Å². The van der Waals surface area contributed by atoms with E-state index >= 15 is 0 Å². The summed E-state index contributed by atoms with van der Waals surface area (Å²) in [5.41, 5.74) is 8.66. The Hall–Kier alpha value is -4.51. The number of furan rings is 1. The van der Waals surface area contributed by atoms with E-state index in [0.29, 0.717) is 0 Å². The van der Waals surface area contributed by atoms with Gasteiger partial charge in [-0.05, 0) is 61.6 Å². The average Bonchev–Trinajstić information content (AvgIpc) is 3.58. The van der Waals surface area contributed by atoms with Crippen LogP contribution in [0.25, 0.3) is 71.3 Å². The van der Waals surface area contributed by atoms with Crippen molar-refractivity contribution in [3.63, 3.8) is 0 Å². The Bertz CT molecular complexity index is 2290. The van der Waals surface area contributed by atoms with Crippen LogP contribution in [0.4, 0.5) is 0 Å². The molecule has 4 aromatic heterocycles. The van der Waals surface area contributed by atoms with Crippen LogP contribution in [0.1, 0.15) is 19.4 Å². The smallest absolute Gasteiger partial charge is 0.155 e. The maximum Gasteiger partial charge on any atom is 0.155 e. The fourth-order valence-electron chi connectivity index (χ4n) is 5.85. The molecule has 4 aromatic carbocycles. The molecule has 0 atom stereocenters. The zero-order valence-corrected chi connectivity index (χ0v) is 25.0. The number of carbonyl (C=O) groups excluding carboxylic acids is 1. The van der Waals surface area contributed by atoms with Crippen LogP contribution in [0.2, 0.25) is 0 Å². The van der Waals surface area contributed by atoms with E-state index in [1.165, 1.54) is 69.0 Å². The molecule has 6 heteroatoms. The number of fused-ring (bicyclic) bond motifs is 10. The SMILES string of the molecule is CC(=O)/C=C(/C)O.Cc1ccnc(-c2[c-]cc3c(c2)c2cccc4c5c6c(ccc5n3c24)oc2ccccc26)c1.[Ir]. The number of hydrogen-bond donors (Lipinski definition) is 1. The number of carbonyl (C=O) groups is 1. The molecule has 0 aliphatic heterocycles. The Morgan fingerprint density at radius 1 is 0.878 bits per heavy atom. The second kappa shape index (κ2) is 10.2. The maximum absolute atomic E-state index is 10.0. The zero-order chi connectivity index (χ0) is 27.5. The number of nitrogens with zero attached hydrogens (tertiary/aromatic N) is 2. The molecule has 0 aliphatic carbocycles. The average molecular weight is 714 g/mol. The first-order valence-corrected chi connectivity index (χ1v) is 13.2. The van der Waals surface area contributed by atoms with Crippen molar-refractivity contribution in [3.05, 3.63) is 109 Å². The second-order valence-electron chi connectivity index (χ2n) is 10.2. The van der Waals surface area contributed by atoms with Gasteiger partial charge in [-0.3, -0.25) is 4.79 Å². The molecule has 4 heterocycles. The summed E-state index contributed by atoms with van der Waals surface area (Å²) < 4.78 is 8.58. The van der Waals surface area contributed by atoms with Crippen molar-refractivity contribution in [2.45, 2.75) is 20.8 Å². The first-order chi connectivity index (χ1) is 19.4. The van der Waals surface area contributed by atoms with Crippen LogP contribution in [-0.4, -0.2) is 20.3 Å². The van der Waals surface area contributed by atoms with E-state index < -0.39 is 0 Å². The summed E-state index contributed by atoms with van der Waals surface area (Å²) >= 11 is 0. The molecule has 1 radical (unpaired) electrons. The van der Waals surface area contributed by atoms with Gasteiger partial charge in [0.15, 0.2) is 5.78 Å². The van der Waals surface area contributed by atoms with Gasteiger partial charge in [0.2, 0.25) is 0 Å². The standard InChI is InChI=1S/C30H17N2O.C5H8O2.Ir/c1-17-13-14-31-23(15-17)18-9-10-24-22(16-18)19-6-4-7-21-28-25(32(24)30(19)21)11-12-27-29(28)20-5-2-3-8-26(20)33-27;1-4(6)3-5(2)7;/h2-8,10-16H,1H3;3,6H,1-2H3;/q-1;;/b;4-3-;. The third-order valence-corrected chi connectivity index (χ3v) is 7.35. The molecule has 203 valence electrons. The minimum absolute atomic E-state index is 0. The Morgan fingerprint density at radius 3 is 2.41 bits per heavy atom. The topological polar surface area (TPSA) is 67.7 Å². The largest absolute Gasteiger partial charge is 0.512 e. The van der Waals surface area contributed by atoms with Gasteiger partial charge < -0.3 is 18.9 Å². The van der Waals surface area contributed by atoms with E-state index in [9.17, 15) is 4.79 Å². The van der Waals surface area contributed by atoms with E-state index in [1.54, 1.807) is 0 Å². The molecule has 1 N–H and O–H groups in total. The van der Waals surface area contributed by atoms with Gasteiger partial charge in [-0.1, -0.05) is 53.4 Å². The normalized spacial score (nSPS) is 11.9. The molecule has 8 rings (SSSR count). The minimum atomic E-state index is -0.125. The van der Waals surface area contributed by atoms with Crippen LogP contribution in [0, 0.1) is 13.0 Å². The summed E-state index contributed by atoms with van der Waals surface area (Å²) in [5, 5.41) is 15.7. The quantitative estimate of drug-likeness (QED) is 0.110. The van der Waals surface area contributed by atoms with Crippen molar-refractivity contribution in [2.75, 3.05) is 0 Å². The number of hydrogen-bond acceptors (Lipinski definition) is 4. The van der Waals surface area contributed by atoms with Crippen molar-refractivity contribution in [1.82, 2.24) is 9.38 Å². The number of benzene rings is 4. The fraction of sp³-hybridized carbons (Fsp3) is 0.0857. The summed E-state index contributed by atoms with van der Waals surface area (Å²) in [5.74, 6) is -0.0625. The predicted molar refractivity (Wildman–Crippen MR) is 162 cm³/mol. The summed E-state index contributed by atoms with van der Waals surface area (Å²) in [6, 6.07) is 31.2.